The number of anilines is 1. The minimum atomic E-state index is -4.72. The summed E-state index contributed by atoms with van der Waals surface area (Å²) in [6.07, 6.45) is -3.16. The summed E-state index contributed by atoms with van der Waals surface area (Å²) < 4.78 is 62.0. The van der Waals surface area contributed by atoms with E-state index in [4.69, 9.17) is 4.74 Å². The number of ether oxygens (including phenoxy) is 1. The molecule has 6 nitrogen and oxygen atoms in total. The molecule has 1 saturated heterocycles. The zero-order valence-electron chi connectivity index (χ0n) is 18.9. The van der Waals surface area contributed by atoms with Crippen LogP contribution in [-0.2, 0) is 19.0 Å². The standard InChI is InChI=1S/C25H23F4N3O3/c1-35-22-11-14(5-8-20(22)26)23-17-3-2-4-18(17)24(34)32(30-23)21-12-15(31-10-9-16(33)13-31)6-7-19(21)25(27,28)29/h5-8,11-12,16,33H,2-4,9-10,13H2,1H3/t16-/m0/s1. The summed E-state index contributed by atoms with van der Waals surface area (Å²) in [7, 11) is 1.32. The second-order valence-corrected chi connectivity index (χ2v) is 8.81. The first-order valence-corrected chi connectivity index (χ1v) is 11.3. The fraction of sp³-hybridized carbons (Fsp3) is 0.360. The summed E-state index contributed by atoms with van der Waals surface area (Å²) in [5, 5.41) is 14.3. The Morgan fingerprint density at radius 3 is 2.57 bits per heavy atom. The fourth-order valence-electron chi connectivity index (χ4n) is 4.88. The lowest BCUT2D eigenvalue weighted by molar-refractivity contribution is -0.137. The van der Waals surface area contributed by atoms with E-state index >= 15 is 0 Å². The highest BCUT2D eigenvalue weighted by atomic mass is 19.4. The van der Waals surface area contributed by atoms with Crippen LogP contribution >= 0.6 is 0 Å². The highest BCUT2D eigenvalue weighted by Gasteiger charge is 2.36. The van der Waals surface area contributed by atoms with E-state index in [0.717, 1.165) is 10.7 Å². The topological polar surface area (TPSA) is 67.6 Å². The second-order valence-electron chi connectivity index (χ2n) is 8.81. The van der Waals surface area contributed by atoms with Crippen molar-refractivity contribution in [3.05, 3.63) is 69.3 Å². The highest BCUT2D eigenvalue weighted by molar-refractivity contribution is 5.67. The molecule has 1 aliphatic heterocycles. The van der Waals surface area contributed by atoms with Gasteiger partial charge in [0.05, 0.1) is 30.2 Å². The van der Waals surface area contributed by atoms with Gasteiger partial charge in [-0.3, -0.25) is 4.79 Å². The van der Waals surface area contributed by atoms with Crippen molar-refractivity contribution >= 4 is 5.69 Å². The van der Waals surface area contributed by atoms with Gasteiger partial charge in [-0.25, -0.2) is 4.39 Å². The molecule has 10 heteroatoms. The third-order valence-electron chi connectivity index (χ3n) is 6.62. The molecular formula is C25H23F4N3O3. The lowest BCUT2D eigenvalue weighted by Gasteiger charge is -2.22. The molecule has 1 aliphatic carbocycles. The van der Waals surface area contributed by atoms with Crippen molar-refractivity contribution in [2.45, 2.75) is 38.0 Å². The Hall–Kier alpha value is -3.40. The molecule has 5 rings (SSSR count). The molecule has 1 fully saturated rings. The number of aromatic nitrogens is 2. The van der Waals surface area contributed by atoms with E-state index in [1.807, 2.05) is 0 Å². The van der Waals surface area contributed by atoms with Gasteiger partial charge in [0.2, 0.25) is 0 Å². The van der Waals surface area contributed by atoms with Gasteiger partial charge in [0.25, 0.3) is 5.56 Å². The van der Waals surface area contributed by atoms with Crippen LogP contribution in [0.15, 0.2) is 41.2 Å². The Morgan fingerprint density at radius 2 is 1.89 bits per heavy atom. The second kappa shape index (κ2) is 8.67. The number of β-amino-alcohol motifs (C(OH)–C–C–N with tert-alkyl or cyclic N) is 1. The minimum absolute atomic E-state index is 0.0284. The van der Waals surface area contributed by atoms with Crippen molar-refractivity contribution in [2.24, 2.45) is 0 Å². The normalized spacial score (nSPS) is 17.7. The van der Waals surface area contributed by atoms with Crippen LogP contribution < -0.4 is 15.2 Å². The summed E-state index contributed by atoms with van der Waals surface area (Å²) in [5.74, 6) is -0.611. The fourth-order valence-corrected chi connectivity index (χ4v) is 4.88. The van der Waals surface area contributed by atoms with Gasteiger partial charge in [0.1, 0.15) is 0 Å². The Labute approximate surface area is 198 Å². The van der Waals surface area contributed by atoms with Gasteiger partial charge in [-0.05, 0) is 67.6 Å². The third-order valence-corrected chi connectivity index (χ3v) is 6.62. The maximum absolute atomic E-state index is 14.0. The Kier molecular flexibility index (Phi) is 5.79. The van der Waals surface area contributed by atoms with Crippen molar-refractivity contribution in [1.82, 2.24) is 9.78 Å². The first-order chi connectivity index (χ1) is 16.7. The molecule has 1 N–H and O–H groups in total. The minimum Gasteiger partial charge on any atom is -0.494 e. The molecular weight excluding hydrogens is 466 g/mol. The lowest BCUT2D eigenvalue weighted by Crippen LogP contribution is -2.29. The van der Waals surface area contributed by atoms with Gasteiger partial charge in [0.15, 0.2) is 11.6 Å². The first kappa shape index (κ1) is 23.3. The molecule has 1 atom stereocenters. The summed E-state index contributed by atoms with van der Waals surface area (Å²) >= 11 is 0. The molecule has 0 saturated carbocycles. The molecule has 2 aliphatic rings. The molecule has 2 aromatic carbocycles. The lowest BCUT2D eigenvalue weighted by atomic mass is 10.0. The van der Waals surface area contributed by atoms with Gasteiger partial charge in [-0.1, -0.05) is 0 Å². The summed E-state index contributed by atoms with van der Waals surface area (Å²) in [5.41, 5.74) is 0.333. The number of fused-ring (bicyclic) bond motifs is 1. The van der Waals surface area contributed by atoms with Crippen molar-refractivity contribution in [3.63, 3.8) is 0 Å². The quantitative estimate of drug-likeness (QED) is 0.559. The van der Waals surface area contributed by atoms with Crippen LogP contribution in [0, 0.1) is 5.82 Å². The Balaban J connectivity index is 1.74. The number of nitrogens with zero attached hydrogens (tertiary/aromatic N) is 3. The molecule has 3 aromatic rings. The van der Waals surface area contributed by atoms with Gasteiger partial charge >= 0.3 is 6.18 Å². The van der Waals surface area contributed by atoms with E-state index in [1.165, 1.54) is 37.4 Å². The van der Waals surface area contributed by atoms with E-state index in [0.29, 0.717) is 60.3 Å². The molecule has 0 bridgehead atoms. The van der Waals surface area contributed by atoms with Crippen molar-refractivity contribution < 1.29 is 27.4 Å². The van der Waals surface area contributed by atoms with Crippen molar-refractivity contribution in [3.8, 4) is 22.7 Å². The van der Waals surface area contributed by atoms with E-state index in [9.17, 15) is 27.5 Å². The third kappa shape index (κ3) is 4.16. The maximum atomic E-state index is 14.0. The molecule has 0 spiro atoms. The molecule has 2 heterocycles. The van der Waals surface area contributed by atoms with E-state index in [2.05, 4.69) is 5.10 Å². The zero-order valence-corrected chi connectivity index (χ0v) is 18.9. The Morgan fingerprint density at radius 1 is 1.11 bits per heavy atom. The first-order valence-electron chi connectivity index (χ1n) is 11.3. The van der Waals surface area contributed by atoms with Crippen LogP contribution in [-0.4, -0.2) is 41.2 Å². The van der Waals surface area contributed by atoms with Crippen LogP contribution in [0.4, 0.5) is 23.2 Å². The molecule has 0 radical (unpaired) electrons. The summed E-state index contributed by atoms with van der Waals surface area (Å²) in [6, 6.07) is 7.68. The highest BCUT2D eigenvalue weighted by Crippen LogP contribution is 2.37. The smallest absolute Gasteiger partial charge is 0.418 e. The number of halogens is 4. The number of rotatable bonds is 4. The van der Waals surface area contributed by atoms with Crippen molar-refractivity contribution in [1.29, 1.82) is 0 Å². The SMILES string of the molecule is COc1cc(-c2nn(-c3cc(N4CC[C@H](O)C4)ccc3C(F)(F)F)c(=O)c3c2CCC3)ccc1F. The van der Waals surface area contributed by atoms with Crippen LogP contribution in [0.5, 0.6) is 5.75 Å². The molecule has 35 heavy (non-hydrogen) atoms. The largest absolute Gasteiger partial charge is 0.494 e. The number of alkyl halides is 3. The van der Waals surface area contributed by atoms with E-state index in [1.54, 1.807) is 4.90 Å². The summed E-state index contributed by atoms with van der Waals surface area (Å²) in [4.78, 5) is 15.2. The van der Waals surface area contributed by atoms with Crippen molar-refractivity contribution in [2.75, 3.05) is 25.1 Å². The molecule has 0 unspecified atom stereocenters. The summed E-state index contributed by atoms with van der Waals surface area (Å²) in [6.45, 7) is 0.775. The Bertz CT molecular complexity index is 1350. The zero-order chi connectivity index (χ0) is 24.9. The van der Waals surface area contributed by atoms with Gasteiger partial charge in [0, 0.05) is 29.9 Å². The van der Waals surface area contributed by atoms with Gasteiger partial charge < -0.3 is 14.7 Å². The number of aliphatic hydroxyl groups is 1. The monoisotopic (exact) mass is 489 g/mol. The van der Waals surface area contributed by atoms with Crippen LogP contribution in [0.25, 0.3) is 16.9 Å². The van der Waals surface area contributed by atoms with E-state index < -0.39 is 29.2 Å². The predicted octanol–water partition coefficient (Wildman–Crippen LogP) is 4.13. The predicted molar refractivity (Wildman–Crippen MR) is 122 cm³/mol. The number of benzene rings is 2. The van der Waals surface area contributed by atoms with Crippen LogP contribution in [0.3, 0.4) is 0 Å². The maximum Gasteiger partial charge on any atom is 0.418 e. The molecule has 0 amide bonds. The average Bonchev–Trinajstić information content (AvgIpc) is 3.49. The number of hydrogen-bond acceptors (Lipinski definition) is 5. The van der Waals surface area contributed by atoms with Crippen LogP contribution in [0.1, 0.15) is 29.5 Å². The van der Waals surface area contributed by atoms with Crippen LogP contribution in [0.2, 0.25) is 0 Å². The van der Waals surface area contributed by atoms with Gasteiger partial charge in [-0.2, -0.15) is 23.0 Å². The average molecular weight is 489 g/mol. The van der Waals surface area contributed by atoms with E-state index in [-0.39, 0.29) is 18.0 Å². The molecule has 1 aromatic heterocycles. The number of hydrogen-bond donors (Lipinski definition) is 1. The number of aliphatic hydroxyl groups excluding tert-OH is 1. The molecule has 184 valence electrons. The van der Waals surface area contributed by atoms with Gasteiger partial charge in [-0.15, -0.1) is 0 Å². The number of methoxy groups -OCH3 is 1.